The van der Waals surface area contributed by atoms with E-state index in [0.29, 0.717) is 23.1 Å². The molecule has 1 aliphatic carbocycles. The van der Waals surface area contributed by atoms with E-state index in [1.807, 2.05) is 6.07 Å². The molecule has 1 aromatic heterocycles. The second-order valence-corrected chi connectivity index (χ2v) is 16.1. The van der Waals surface area contributed by atoms with E-state index >= 15 is 0 Å². The van der Waals surface area contributed by atoms with Gasteiger partial charge in [0.25, 0.3) is 5.91 Å². The first-order chi connectivity index (χ1) is 24.4. The van der Waals surface area contributed by atoms with Gasteiger partial charge < -0.3 is 15.7 Å². The third-order valence-electron chi connectivity index (χ3n) is 10.3. The van der Waals surface area contributed by atoms with Crippen molar-refractivity contribution < 1.29 is 27.9 Å². The van der Waals surface area contributed by atoms with Gasteiger partial charge in [-0.15, -0.1) is 0 Å². The predicted molar refractivity (Wildman–Crippen MR) is 191 cm³/mol. The topological polar surface area (TPSA) is 173 Å². The van der Waals surface area contributed by atoms with Crippen LogP contribution in [-0.4, -0.2) is 83.3 Å². The first-order valence-corrected chi connectivity index (χ1v) is 19.1. The number of aromatic nitrogens is 1. The summed E-state index contributed by atoms with van der Waals surface area (Å²) in [5, 5.41) is 25.0. The van der Waals surface area contributed by atoms with E-state index in [4.69, 9.17) is 23.2 Å². The number of piperidine rings is 1. The molecule has 3 N–H and O–H groups in total. The quantitative estimate of drug-likeness (QED) is 0.259. The van der Waals surface area contributed by atoms with Crippen LogP contribution in [0.2, 0.25) is 10.0 Å². The van der Waals surface area contributed by atoms with Gasteiger partial charge >= 0.3 is 5.97 Å². The average Bonchev–Trinajstić information content (AvgIpc) is 3.59. The number of rotatable bonds is 10. The first kappa shape index (κ1) is 36.7. The maximum absolute atomic E-state index is 14.1. The standard InChI is InChI=1S/C36H38Cl2N6O6S/c37-29-18-40-19-30(38)33(29)35(46)41-26-10-8-22(9-11-26)15-31(36(47)48)42-34(45)32-16-27(43-13-12-24-5-1-2-6-25(24)20-43)21-44(32)51(49,50)28-7-3-4-23(14-28)17-39/h3-4,7-11,14,18-19,24-25,27,31-32H,1-2,5-6,12-13,15-16,20-21H2,(H,41,46)(H,42,45)(H,47,48)/t24?,25?,27-,31+,32+/m1/s1. The number of nitriles is 1. The number of amides is 2. The lowest BCUT2D eigenvalue weighted by Crippen LogP contribution is -2.51. The number of fused-ring (bicyclic) bond motifs is 1. The van der Waals surface area contributed by atoms with E-state index in [2.05, 4.69) is 20.5 Å². The molecular formula is C36H38Cl2N6O6S. The number of sulfonamides is 1. The number of hydrogen-bond donors (Lipinski definition) is 3. The zero-order valence-corrected chi connectivity index (χ0v) is 30.0. The van der Waals surface area contributed by atoms with Gasteiger partial charge in [0.1, 0.15) is 12.1 Å². The Hall–Kier alpha value is -4.06. The van der Waals surface area contributed by atoms with Crippen LogP contribution in [0.5, 0.6) is 0 Å². The number of carbonyl (C=O) groups is 3. The first-order valence-electron chi connectivity index (χ1n) is 16.9. The fraction of sp³-hybridized carbons (Fsp3) is 0.417. The second kappa shape index (κ2) is 15.7. The molecule has 2 saturated heterocycles. The van der Waals surface area contributed by atoms with Crippen molar-refractivity contribution in [3.8, 4) is 6.07 Å². The van der Waals surface area contributed by atoms with Crippen molar-refractivity contribution in [3.63, 3.8) is 0 Å². The lowest BCUT2D eigenvalue weighted by molar-refractivity contribution is -0.142. The van der Waals surface area contributed by atoms with Crippen molar-refractivity contribution >= 4 is 56.7 Å². The van der Waals surface area contributed by atoms with Gasteiger partial charge in [-0.1, -0.05) is 60.7 Å². The number of anilines is 1. The number of likely N-dealkylation sites (tertiary alicyclic amines) is 1. The van der Waals surface area contributed by atoms with Crippen LogP contribution < -0.4 is 10.6 Å². The Bertz CT molecular complexity index is 1940. The van der Waals surface area contributed by atoms with Crippen LogP contribution in [0.3, 0.4) is 0 Å². The van der Waals surface area contributed by atoms with E-state index in [9.17, 15) is 33.2 Å². The van der Waals surface area contributed by atoms with Crippen LogP contribution in [0.1, 0.15) is 60.0 Å². The van der Waals surface area contributed by atoms with Gasteiger partial charge in [-0.25, -0.2) is 13.2 Å². The minimum atomic E-state index is -4.22. The normalized spacial score (nSPS) is 23.1. The summed E-state index contributed by atoms with van der Waals surface area (Å²) in [4.78, 5) is 45.2. The Kier molecular flexibility index (Phi) is 11.3. The number of carboxylic acids is 1. The van der Waals surface area contributed by atoms with Crippen molar-refractivity contribution in [3.05, 3.63) is 87.7 Å². The lowest BCUT2D eigenvalue weighted by atomic mass is 9.75. The fourth-order valence-corrected chi connectivity index (χ4v) is 9.84. The summed E-state index contributed by atoms with van der Waals surface area (Å²) in [7, 11) is -4.22. The number of aliphatic carboxylic acids is 1. The van der Waals surface area contributed by atoms with Gasteiger partial charge in [0.2, 0.25) is 15.9 Å². The minimum Gasteiger partial charge on any atom is -0.480 e. The number of carboxylic acid groups (broad SMARTS) is 1. The zero-order chi connectivity index (χ0) is 36.3. The Labute approximate surface area is 306 Å². The highest BCUT2D eigenvalue weighted by Gasteiger charge is 2.47. The van der Waals surface area contributed by atoms with Crippen LogP contribution in [0.25, 0.3) is 0 Å². The molecule has 5 atom stereocenters. The number of hydrogen-bond acceptors (Lipinski definition) is 8. The van der Waals surface area contributed by atoms with Crippen LogP contribution in [0.15, 0.2) is 65.8 Å². The van der Waals surface area contributed by atoms with Gasteiger partial charge in [0.15, 0.2) is 0 Å². The maximum atomic E-state index is 14.1. The third kappa shape index (κ3) is 8.21. The summed E-state index contributed by atoms with van der Waals surface area (Å²) in [6, 6.07) is 11.3. The molecule has 0 spiro atoms. The molecule has 6 rings (SSSR count). The summed E-state index contributed by atoms with van der Waals surface area (Å²) in [5.41, 5.74) is 1.19. The molecule has 3 fully saturated rings. The van der Waals surface area contributed by atoms with Crippen molar-refractivity contribution in [1.82, 2.24) is 19.5 Å². The van der Waals surface area contributed by atoms with Gasteiger partial charge in [0.05, 0.1) is 32.1 Å². The molecule has 3 aromatic rings. The van der Waals surface area contributed by atoms with Crippen molar-refractivity contribution in [2.75, 3.05) is 25.0 Å². The second-order valence-electron chi connectivity index (χ2n) is 13.4. The SMILES string of the molecule is N#Cc1cccc(S(=O)(=O)N2C[C@H](N3CCC4CCCCC4C3)C[C@H]2C(=O)N[C@@H](Cc2ccc(NC(=O)c3c(Cl)cncc3Cl)cc2)C(=O)O)c1. The van der Waals surface area contributed by atoms with Crippen molar-refractivity contribution in [2.24, 2.45) is 11.8 Å². The summed E-state index contributed by atoms with van der Waals surface area (Å²) < 4.78 is 29.3. The highest BCUT2D eigenvalue weighted by molar-refractivity contribution is 7.89. The Morgan fingerprint density at radius 1 is 1.00 bits per heavy atom. The molecule has 12 nitrogen and oxygen atoms in total. The maximum Gasteiger partial charge on any atom is 0.326 e. The molecule has 2 amide bonds. The highest BCUT2D eigenvalue weighted by atomic mass is 35.5. The molecular weight excluding hydrogens is 715 g/mol. The number of halogens is 2. The summed E-state index contributed by atoms with van der Waals surface area (Å²) in [5.74, 6) is -1.32. The Balaban J connectivity index is 1.18. The lowest BCUT2D eigenvalue weighted by Gasteiger charge is -2.43. The zero-order valence-electron chi connectivity index (χ0n) is 27.7. The largest absolute Gasteiger partial charge is 0.480 e. The Morgan fingerprint density at radius 3 is 2.39 bits per heavy atom. The monoisotopic (exact) mass is 752 g/mol. The van der Waals surface area contributed by atoms with Crippen LogP contribution in [0.4, 0.5) is 5.69 Å². The van der Waals surface area contributed by atoms with Crippen LogP contribution in [-0.2, 0) is 26.0 Å². The average molecular weight is 754 g/mol. The molecule has 3 heterocycles. The number of nitrogens with zero attached hydrogens (tertiary/aromatic N) is 4. The summed E-state index contributed by atoms with van der Waals surface area (Å²) in [6.45, 7) is 1.74. The van der Waals surface area contributed by atoms with Gasteiger partial charge in [-0.3, -0.25) is 19.5 Å². The summed E-state index contributed by atoms with van der Waals surface area (Å²) >= 11 is 12.2. The van der Waals surface area contributed by atoms with Crippen molar-refractivity contribution in [1.29, 1.82) is 5.26 Å². The van der Waals surface area contributed by atoms with E-state index in [-0.39, 0.29) is 51.5 Å². The van der Waals surface area contributed by atoms with Gasteiger partial charge in [-0.2, -0.15) is 9.57 Å². The summed E-state index contributed by atoms with van der Waals surface area (Å²) in [6.07, 6.45) is 8.53. The molecule has 51 heavy (non-hydrogen) atoms. The molecule has 2 aromatic carbocycles. The third-order valence-corrected chi connectivity index (χ3v) is 12.7. The van der Waals surface area contributed by atoms with E-state index < -0.39 is 39.9 Å². The highest BCUT2D eigenvalue weighted by Crippen LogP contribution is 2.39. The number of pyridine rings is 1. The molecule has 268 valence electrons. The molecule has 15 heteroatoms. The van der Waals surface area contributed by atoms with Crippen LogP contribution >= 0.6 is 23.2 Å². The molecule has 2 aliphatic heterocycles. The molecule has 2 unspecified atom stereocenters. The van der Waals surface area contributed by atoms with E-state index in [0.717, 1.165) is 25.9 Å². The predicted octanol–water partition coefficient (Wildman–Crippen LogP) is 4.97. The van der Waals surface area contributed by atoms with Crippen LogP contribution in [0, 0.1) is 23.2 Å². The minimum absolute atomic E-state index is 0.0625. The smallest absolute Gasteiger partial charge is 0.326 e. The van der Waals surface area contributed by atoms with Gasteiger partial charge in [-0.05, 0) is 73.5 Å². The molecule has 0 radical (unpaired) electrons. The van der Waals surface area contributed by atoms with Crippen molar-refractivity contribution in [2.45, 2.75) is 68.0 Å². The van der Waals surface area contributed by atoms with Gasteiger partial charge in [0, 0.05) is 43.6 Å². The number of benzene rings is 2. The fourth-order valence-electron chi connectivity index (χ4n) is 7.62. The number of nitrogens with one attached hydrogen (secondary N) is 2. The molecule has 3 aliphatic rings. The van der Waals surface area contributed by atoms with E-state index in [1.165, 1.54) is 60.2 Å². The Morgan fingerprint density at radius 2 is 1.71 bits per heavy atom. The molecule has 0 bridgehead atoms. The number of carbonyl (C=O) groups excluding carboxylic acids is 2. The molecule has 1 saturated carbocycles. The van der Waals surface area contributed by atoms with E-state index in [1.54, 1.807) is 24.3 Å².